The molecule has 2 unspecified atom stereocenters. The smallest absolute Gasteiger partial charge is 0.413 e. The Labute approximate surface area is 219 Å². The van der Waals surface area contributed by atoms with Crippen LogP contribution in [0.3, 0.4) is 0 Å². The number of carboxylic acids is 1. The van der Waals surface area contributed by atoms with Crippen LogP contribution >= 0.6 is 34.7 Å². The Balaban J connectivity index is 1.63. The number of anilines is 1. The standard InChI is InChI=1S/C21H25ClN4O8S2/c1-10(27)33-8-21(17(30)31)7-26-15(29)13(16(26)36-9-21)24-14(28)11(5-22)12-6-35-18(23-12)25-19(32)34-20(2,3)4/h5-6,13,16H,7-9H2,1-4H3,(H,24,28)(H,30,31)(H,23,25,32)/t13?,16-,21?/m1/s1. The van der Waals surface area contributed by atoms with Crippen LogP contribution in [0.5, 0.6) is 0 Å². The SMILES string of the molecule is CC(=O)OCC1(C(=O)O)CS[C@@H]2C(NC(=O)C(=CCl)c3csc(NC(=O)OC(C)(C)C)n3)C(=O)N2C1. The third kappa shape index (κ3) is 6.10. The number of carbonyl (C=O) groups is 5. The van der Waals surface area contributed by atoms with Gasteiger partial charge in [-0.2, -0.15) is 0 Å². The van der Waals surface area contributed by atoms with Gasteiger partial charge in [0, 0.05) is 30.1 Å². The van der Waals surface area contributed by atoms with E-state index in [2.05, 4.69) is 15.6 Å². The van der Waals surface area contributed by atoms with Gasteiger partial charge in [-0.1, -0.05) is 11.6 Å². The quantitative estimate of drug-likeness (QED) is 0.255. The van der Waals surface area contributed by atoms with Crippen LogP contribution in [0.15, 0.2) is 10.9 Å². The van der Waals surface area contributed by atoms with Crippen molar-refractivity contribution in [2.24, 2.45) is 5.41 Å². The summed E-state index contributed by atoms with van der Waals surface area (Å²) in [7, 11) is 0. The van der Waals surface area contributed by atoms with E-state index in [0.29, 0.717) is 0 Å². The lowest BCUT2D eigenvalue weighted by Gasteiger charge is -2.53. The number of thiazole rings is 1. The number of rotatable bonds is 7. The van der Waals surface area contributed by atoms with Gasteiger partial charge in [-0.15, -0.1) is 23.1 Å². The molecule has 3 rings (SSSR count). The zero-order chi connectivity index (χ0) is 26.8. The van der Waals surface area contributed by atoms with Gasteiger partial charge in [0.1, 0.15) is 29.0 Å². The van der Waals surface area contributed by atoms with Gasteiger partial charge in [-0.25, -0.2) is 9.78 Å². The number of hydrogen-bond acceptors (Lipinski definition) is 10. The van der Waals surface area contributed by atoms with Crippen molar-refractivity contribution in [2.75, 3.05) is 24.2 Å². The monoisotopic (exact) mass is 560 g/mol. The van der Waals surface area contributed by atoms with Gasteiger partial charge in [0.15, 0.2) is 5.13 Å². The molecule has 3 amide bonds. The second-order valence-electron chi connectivity index (χ2n) is 9.17. The minimum Gasteiger partial charge on any atom is -0.481 e. The number of halogens is 1. The molecule has 2 saturated heterocycles. The van der Waals surface area contributed by atoms with Crippen molar-refractivity contribution in [3.63, 3.8) is 0 Å². The Morgan fingerprint density at radius 1 is 1.36 bits per heavy atom. The zero-order valence-corrected chi connectivity index (χ0v) is 22.2. The Morgan fingerprint density at radius 2 is 2.06 bits per heavy atom. The molecule has 0 spiro atoms. The molecule has 36 heavy (non-hydrogen) atoms. The van der Waals surface area contributed by atoms with Crippen LogP contribution in [0.4, 0.5) is 9.93 Å². The lowest BCUT2D eigenvalue weighted by atomic mass is 9.88. The molecular weight excluding hydrogens is 536 g/mol. The first kappa shape index (κ1) is 27.7. The number of thioether (sulfide) groups is 1. The summed E-state index contributed by atoms with van der Waals surface area (Å²) in [6.07, 6.45) is -0.704. The maximum Gasteiger partial charge on any atom is 0.413 e. The molecule has 3 N–H and O–H groups in total. The van der Waals surface area contributed by atoms with E-state index >= 15 is 0 Å². The number of amides is 3. The fourth-order valence-corrected chi connectivity index (χ4v) is 5.86. The van der Waals surface area contributed by atoms with E-state index in [1.165, 1.54) is 29.0 Å². The van der Waals surface area contributed by atoms with E-state index in [0.717, 1.165) is 16.9 Å². The number of ether oxygens (including phenoxy) is 2. The largest absolute Gasteiger partial charge is 0.481 e. The van der Waals surface area contributed by atoms with Crippen molar-refractivity contribution in [3.8, 4) is 0 Å². The normalized spacial score (nSPS) is 23.8. The van der Waals surface area contributed by atoms with Crippen LogP contribution in [0.25, 0.3) is 5.57 Å². The number of hydrogen-bond donors (Lipinski definition) is 3. The minimum atomic E-state index is -1.43. The topological polar surface area (TPSA) is 164 Å². The molecule has 3 heterocycles. The van der Waals surface area contributed by atoms with Crippen LogP contribution in [0, 0.1) is 5.41 Å². The second-order valence-corrected chi connectivity index (χ2v) is 11.4. The number of carbonyl (C=O) groups excluding carboxylic acids is 4. The van der Waals surface area contributed by atoms with Gasteiger partial charge in [0.25, 0.3) is 5.91 Å². The molecule has 0 bridgehead atoms. The summed E-state index contributed by atoms with van der Waals surface area (Å²) < 4.78 is 10.1. The number of aromatic nitrogens is 1. The number of β-lactam (4-membered cyclic amide) rings is 1. The molecule has 1 aromatic rings. The van der Waals surface area contributed by atoms with Crippen molar-refractivity contribution >= 4 is 75.3 Å². The number of aliphatic carboxylic acids is 1. The van der Waals surface area contributed by atoms with Gasteiger partial charge in [-0.05, 0) is 20.8 Å². The van der Waals surface area contributed by atoms with Gasteiger partial charge in [0.05, 0.1) is 11.3 Å². The van der Waals surface area contributed by atoms with Crippen LogP contribution in [-0.4, -0.2) is 80.8 Å². The molecule has 12 nitrogen and oxygen atoms in total. The highest BCUT2D eigenvalue weighted by molar-refractivity contribution is 8.00. The third-order valence-electron chi connectivity index (χ3n) is 5.18. The molecule has 15 heteroatoms. The minimum absolute atomic E-state index is 0.0213. The summed E-state index contributed by atoms with van der Waals surface area (Å²) in [5.41, 5.74) is -0.949. The molecule has 0 radical (unpaired) electrons. The molecule has 2 aliphatic rings. The first-order valence-electron chi connectivity index (χ1n) is 10.6. The maximum atomic E-state index is 12.9. The molecule has 0 aromatic carbocycles. The lowest BCUT2D eigenvalue weighted by Crippen LogP contribution is -2.74. The predicted octanol–water partition coefficient (Wildman–Crippen LogP) is 2.10. The summed E-state index contributed by atoms with van der Waals surface area (Å²) in [6, 6.07) is -0.896. The van der Waals surface area contributed by atoms with Crippen LogP contribution in [0.1, 0.15) is 33.4 Å². The van der Waals surface area contributed by atoms with E-state index < -0.39 is 52.3 Å². The third-order valence-corrected chi connectivity index (χ3v) is 7.74. The average molecular weight is 561 g/mol. The van der Waals surface area contributed by atoms with Gasteiger partial charge >= 0.3 is 18.0 Å². The highest BCUT2D eigenvalue weighted by Gasteiger charge is 2.58. The summed E-state index contributed by atoms with van der Waals surface area (Å²) in [5, 5.41) is 16.0. The lowest BCUT2D eigenvalue weighted by molar-refractivity contribution is -0.164. The fraction of sp³-hybridized carbons (Fsp3) is 0.524. The Morgan fingerprint density at radius 3 is 2.64 bits per heavy atom. The predicted molar refractivity (Wildman–Crippen MR) is 132 cm³/mol. The molecular formula is C21H25ClN4O8S2. The number of carboxylic acid groups (broad SMARTS) is 1. The first-order chi connectivity index (χ1) is 16.8. The van der Waals surface area contributed by atoms with E-state index in [1.54, 1.807) is 20.8 Å². The van der Waals surface area contributed by atoms with Crippen molar-refractivity contribution in [1.29, 1.82) is 0 Å². The number of fused-ring (bicyclic) bond motifs is 1. The Bertz CT molecular complexity index is 1120. The highest BCUT2D eigenvalue weighted by Crippen LogP contribution is 2.42. The second kappa shape index (κ2) is 10.6. The molecule has 3 atom stereocenters. The number of nitrogens with zero attached hydrogens (tertiary/aromatic N) is 2. The molecule has 0 saturated carbocycles. The van der Waals surface area contributed by atoms with E-state index in [1.807, 2.05) is 0 Å². The van der Waals surface area contributed by atoms with Gasteiger partial charge in [-0.3, -0.25) is 24.5 Å². The van der Waals surface area contributed by atoms with Crippen molar-refractivity contribution in [1.82, 2.24) is 15.2 Å². The highest BCUT2D eigenvalue weighted by atomic mass is 35.5. The van der Waals surface area contributed by atoms with Gasteiger partial charge < -0.3 is 24.8 Å². The van der Waals surface area contributed by atoms with E-state index in [-0.39, 0.29) is 35.3 Å². The molecule has 1 aromatic heterocycles. The van der Waals surface area contributed by atoms with E-state index in [4.69, 9.17) is 21.1 Å². The molecule has 0 aliphatic carbocycles. The molecule has 196 valence electrons. The van der Waals surface area contributed by atoms with Crippen LogP contribution < -0.4 is 10.6 Å². The maximum absolute atomic E-state index is 12.9. The number of esters is 1. The van der Waals surface area contributed by atoms with Crippen molar-refractivity contribution in [3.05, 3.63) is 16.6 Å². The Hall–Kier alpha value is -2.84. The number of nitrogens with one attached hydrogen (secondary N) is 2. The average Bonchev–Trinajstić information content (AvgIpc) is 3.22. The van der Waals surface area contributed by atoms with E-state index in [9.17, 15) is 29.1 Å². The first-order valence-corrected chi connectivity index (χ1v) is 13.0. The van der Waals surface area contributed by atoms with Crippen LogP contribution in [0.2, 0.25) is 0 Å². The summed E-state index contributed by atoms with van der Waals surface area (Å²) in [5.74, 6) is -2.84. The Kier molecular flexibility index (Phi) is 8.20. The molecule has 2 fully saturated rings. The fourth-order valence-electron chi connectivity index (χ4n) is 3.43. The van der Waals surface area contributed by atoms with Crippen molar-refractivity contribution < 1.29 is 38.6 Å². The molecule has 2 aliphatic heterocycles. The van der Waals surface area contributed by atoms with Crippen LogP contribution in [-0.2, 0) is 28.7 Å². The zero-order valence-electron chi connectivity index (χ0n) is 19.8. The summed E-state index contributed by atoms with van der Waals surface area (Å²) >= 11 is 8.11. The summed E-state index contributed by atoms with van der Waals surface area (Å²) in [4.78, 5) is 66.1. The van der Waals surface area contributed by atoms with Crippen molar-refractivity contribution in [2.45, 2.75) is 44.7 Å². The summed E-state index contributed by atoms with van der Waals surface area (Å²) in [6.45, 7) is 5.81. The van der Waals surface area contributed by atoms with Gasteiger partial charge in [0.2, 0.25) is 5.91 Å².